The summed E-state index contributed by atoms with van der Waals surface area (Å²) in [5.41, 5.74) is -0.380. The highest BCUT2D eigenvalue weighted by molar-refractivity contribution is 6.33. The maximum atomic E-state index is 12.6. The van der Waals surface area contributed by atoms with Gasteiger partial charge in [-0.1, -0.05) is 11.6 Å². The van der Waals surface area contributed by atoms with Gasteiger partial charge in [-0.3, -0.25) is 0 Å². The molecular formula is C7H4ClF2NO2. The van der Waals surface area contributed by atoms with E-state index < -0.39 is 22.9 Å². The van der Waals surface area contributed by atoms with Crippen LogP contribution in [0.25, 0.3) is 0 Å². The fourth-order valence-electron chi connectivity index (χ4n) is 0.727. The van der Waals surface area contributed by atoms with Crippen molar-refractivity contribution in [2.24, 2.45) is 0 Å². The van der Waals surface area contributed by atoms with Crippen LogP contribution in [0.15, 0.2) is 6.07 Å². The van der Waals surface area contributed by atoms with Crippen LogP contribution >= 0.6 is 11.6 Å². The van der Waals surface area contributed by atoms with Crippen LogP contribution in [0, 0.1) is 11.9 Å². The summed E-state index contributed by atoms with van der Waals surface area (Å²) < 4.78 is 29.4. The van der Waals surface area contributed by atoms with Crippen molar-refractivity contribution in [3.05, 3.63) is 28.5 Å². The zero-order chi connectivity index (χ0) is 10.0. The van der Waals surface area contributed by atoms with Crippen LogP contribution in [0.5, 0.6) is 0 Å². The van der Waals surface area contributed by atoms with E-state index in [0.717, 1.165) is 7.11 Å². The molecule has 0 N–H and O–H groups in total. The van der Waals surface area contributed by atoms with Gasteiger partial charge >= 0.3 is 5.97 Å². The van der Waals surface area contributed by atoms with Crippen LogP contribution in [-0.4, -0.2) is 18.1 Å². The Labute approximate surface area is 77.3 Å². The zero-order valence-electron chi connectivity index (χ0n) is 6.47. The minimum atomic E-state index is -1.23. The third kappa shape index (κ3) is 1.92. The zero-order valence-corrected chi connectivity index (χ0v) is 7.23. The Bertz CT molecular complexity index is 357. The van der Waals surface area contributed by atoms with Crippen LogP contribution < -0.4 is 0 Å². The lowest BCUT2D eigenvalue weighted by atomic mass is 10.3. The molecule has 0 unspecified atom stereocenters. The number of carbonyl (C=O) groups excluding carboxylic acids is 1. The molecule has 3 nitrogen and oxygen atoms in total. The molecule has 1 heterocycles. The van der Waals surface area contributed by atoms with Crippen molar-refractivity contribution in [1.29, 1.82) is 0 Å². The molecule has 0 saturated carbocycles. The van der Waals surface area contributed by atoms with Crippen molar-refractivity contribution in [2.45, 2.75) is 0 Å². The second-order valence-electron chi connectivity index (χ2n) is 2.09. The van der Waals surface area contributed by atoms with E-state index in [-0.39, 0.29) is 5.56 Å². The van der Waals surface area contributed by atoms with Gasteiger partial charge in [-0.2, -0.15) is 13.8 Å². The highest BCUT2D eigenvalue weighted by Gasteiger charge is 2.17. The second-order valence-corrected chi connectivity index (χ2v) is 2.47. The molecule has 0 bridgehead atoms. The predicted molar refractivity (Wildman–Crippen MR) is 40.5 cm³/mol. The Hall–Kier alpha value is -1.23. The lowest BCUT2D eigenvalue weighted by Crippen LogP contribution is -2.05. The first kappa shape index (κ1) is 9.85. The molecule has 70 valence electrons. The Balaban J connectivity index is 3.28. The number of pyridine rings is 1. The van der Waals surface area contributed by atoms with E-state index in [1.165, 1.54) is 0 Å². The van der Waals surface area contributed by atoms with Gasteiger partial charge in [0.25, 0.3) is 0 Å². The summed E-state index contributed by atoms with van der Waals surface area (Å²) in [7, 11) is 1.08. The van der Waals surface area contributed by atoms with Gasteiger partial charge < -0.3 is 4.74 Å². The Kier molecular flexibility index (Phi) is 2.77. The first-order valence-electron chi connectivity index (χ1n) is 3.16. The summed E-state index contributed by atoms with van der Waals surface area (Å²) >= 11 is 5.33. The largest absolute Gasteiger partial charge is 0.465 e. The van der Waals surface area contributed by atoms with Crippen molar-refractivity contribution in [3.8, 4) is 0 Å². The summed E-state index contributed by atoms with van der Waals surface area (Å²) in [5.74, 6) is -3.27. The van der Waals surface area contributed by atoms with Crippen LogP contribution in [0.2, 0.25) is 5.02 Å². The highest BCUT2D eigenvalue weighted by atomic mass is 35.5. The fraction of sp³-hybridized carbons (Fsp3) is 0.143. The van der Waals surface area contributed by atoms with E-state index in [2.05, 4.69) is 9.72 Å². The Morgan fingerprint density at radius 2 is 2.23 bits per heavy atom. The fourth-order valence-corrected chi connectivity index (χ4v) is 0.901. The van der Waals surface area contributed by atoms with Crippen molar-refractivity contribution >= 4 is 17.6 Å². The molecule has 0 atom stereocenters. The number of rotatable bonds is 1. The quantitative estimate of drug-likeness (QED) is 0.521. The van der Waals surface area contributed by atoms with Crippen LogP contribution in [0.3, 0.4) is 0 Å². The molecule has 1 aromatic heterocycles. The average Bonchev–Trinajstić information content (AvgIpc) is 2.10. The normalized spacial score (nSPS) is 9.85. The van der Waals surface area contributed by atoms with Gasteiger partial charge in [-0.25, -0.2) is 4.79 Å². The third-order valence-electron chi connectivity index (χ3n) is 1.29. The summed E-state index contributed by atoms with van der Waals surface area (Å²) in [5, 5.41) is -0.548. The molecule has 0 aliphatic carbocycles. The number of hydrogen-bond donors (Lipinski definition) is 0. The predicted octanol–water partition coefficient (Wildman–Crippen LogP) is 1.80. The van der Waals surface area contributed by atoms with Gasteiger partial charge in [0.2, 0.25) is 11.9 Å². The number of hydrogen-bond acceptors (Lipinski definition) is 3. The average molecular weight is 208 g/mol. The summed E-state index contributed by atoms with van der Waals surface area (Å²) in [6.07, 6.45) is 0. The number of nitrogens with zero attached hydrogens (tertiary/aromatic N) is 1. The molecule has 1 rings (SSSR count). The van der Waals surface area contributed by atoms with Crippen molar-refractivity contribution < 1.29 is 18.3 Å². The lowest BCUT2D eigenvalue weighted by Gasteiger charge is -2.01. The number of esters is 1. The number of halogens is 3. The van der Waals surface area contributed by atoms with E-state index in [0.29, 0.717) is 6.07 Å². The van der Waals surface area contributed by atoms with E-state index in [1.54, 1.807) is 0 Å². The molecule has 13 heavy (non-hydrogen) atoms. The first-order chi connectivity index (χ1) is 6.06. The van der Waals surface area contributed by atoms with Gasteiger partial charge in [-0.05, 0) is 0 Å². The minimum absolute atomic E-state index is 0.380. The summed E-state index contributed by atoms with van der Waals surface area (Å²) in [6, 6.07) is 0.706. The van der Waals surface area contributed by atoms with E-state index >= 15 is 0 Å². The van der Waals surface area contributed by atoms with Gasteiger partial charge in [0.1, 0.15) is 5.02 Å². The molecule has 0 saturated heterocycles. The van der Waals surface area contributed by atoms with Crippen molar-refractivity contribution in [3.63, 3.8) is 0 Å². The molecule has 0 radical (unpaired) electrons. The Morgan fingerprint density at radius 3 is 2.77 bits per heavy atom. The first-order valence-corrected chi connectivity index (χ1v) is 3.54. The molecular weight excluding hydrogens is 204 g/mol. The molecule has 0 amide bonds. The molecule has 6 heteroatoms. The van der Waals surface area contributed by atoms with E-state index in [4.69, 9.17) is 11.6 Å². The summed E-state index contributed by atoms with van der Waals surface area (Å²) in [4.78, 5) is 13.6. The maximum Gasteiger partial charge on any atom is 0.339 e. The SMILES string of the molecule is COC(=O)c1cc(F)nc(F)c1Cl. The maximum absolute atomic E-state index is 12.6. The number of ether oxygens (including phenoxy) is 1. The summed E-state index contributed by atoms with van der Waals surface area (Å²) in [6.45, 7) is 0. The third-order valence-corrected chi connectivity index (χ3v) is 1.65. The molecule has 0 spiro atoms. The molecule has 0 aromatic carbocycles. The monoisotopic (exact) mass is 207 g/mol. The second kappa shape index (κ2) is 3.66. The Morgan fingerprint density at radius 1 is 1.62 bits per heavy atom. The standard InChI is InChI=1S/C7H4ClF2NO2/c1-13-7(12)3-2-4(9)11-6(10)5(3)8/h2H,1H3. The molecule has 0 fully saturated rings. The minimum Gasteiger partial charge on any atom is -0.465 e. The molecule has 0 aliphatic rings. The topological polar surface area (TPSA) is 39.2 Å². The van der Waals surface area contributed by atoms with Crippen LogP contribution in [0.4, 0.5) is 8.78 Å². The van der Waals surface area contributed by atoms with Gasteiger partial charge in [0, 0.05) is 6.07 Å². The smallest absolute Gasteiger partial charge is 0.339 e. The number of aromatic nitrogens is 1. The highest BCUT2D eigenvalue weighted by Crippen LogP contribution is 2.19. The van der Waals surface area contributed by atoms with Crippen LogP contribution in [-0.2, 0) is 4.74 Å². The molecule has 0 aliphatic heterocycles. The van der Waals surface area contributed by atoms with E-state index in [9.17, 15) is 13.6 Å². The van der Waals surface area contributed by atoms with Crippen molar-refractivity contribution in [1.82, 2.24) is 4.98 Å². The number of carbonyl (C=O) groups is 1. The number of methoxy groups -OCH3 is 1. The molecule has 1 aromatic rings. The lowest BCUT2D eigenvalue weighted by molar-refractivity contribution is 0.0599. The van der Waals surface area contributed by atoms with Crippen LogP contribution in [0.1, 0.15) is 10.4 Å². The van der Waals surface area contributed by atoms with Crippen molar-refractivity contribution in [2.75, 3.05) is 7.11 Å². The van der Waals surface area contributed by atoms with E-state index in [1.807, 2.05) is 0 Å². The van der Waals surface area contributed by atoms with Gasteiger partial charge in [0.15, 0.2) is 0 Å². The van der Waals surface area contributed by atoms with Gasteiger partial charge in [-0.15, -0.1) is 0 Å². The van der Waals surface area contributed by atoms with Gasteiger partial charge in [0.05, 0.1) is 12.7 Å².